The Labute approximate surface area is 94.0 Å². The first-order chi connectivity index (χ1) is 6.98. The molecule has 1 saturated heterocycles. The van der Waals surface area contributed by atoms with Crippen molar-refractivity contribution in [1.82, 2.24) is 4.90 Å². The third kappa shape index (κ3) is 3.74. The van der Waals surface area contributed by atoms with Crippen molar-refractivity contribution in [2.75, 3.05) is 19.6 Å². The summed E-state index contributed by atoms with van der Waals surface area (Å²) < 4.78 is 5.90. The number of rotatable bonds is 4. The Kier molecular flexibility index (Phi) is 4.56. The highest BCUT2D eigenvalue weighted by Crippen LogP contribution is 2.24. The van der Waals surface area contributed by atoms with Gasteiger partial charge in [-0.3, -0.25) is 4.90 Å². The van der Waals surface area contributed by atoms with E-state index in [1.165, 1.54) is 6.42 Å². The predicted molar refractivity (Wildman–Crippen MR) is 63.9 cm³/mol. The first-order valence-corrected chi connectivity index (χ1v) is 6.10. The van der Waals surface area contributed by atoms with E-state index in [1.807, 2.05) is 0 Å². The van der Waals surface area contributed by atoms with Crippen LogP contribution in [0.4, 0.5) is 0 Å². The first kappa shape index (κ1) is 12.9. The molecule has 0 aliphatic carbocycles. The standard InChI is InChI=1S/C12H26N2O/c1-5-11(6-7-13)14-8-10(2)15-12(3,4)9-14/h10-11H,5-9,13H2,1-4H3. The summed E-state index contributed by atoms with van der Waals surface area (Å²) in [4.78, 5) is 2.54. The Hall–Kier alpha value is -0.120. The van der Waals surface area contributed by atoms with Crippen LogP contribution in [0.25, 0.3) is 0 Å². The lowest BCUT2D eigenvalue weighted by molar-refractivity contribution is -0.138. The molecule has 2 unspecified atom stereocenters. The Morgan fingerprint density at radius 1 is 1.53 bits per heavy atom. The highest BCUT2D eigenvalue weighted by molar-refractivity contribution is 4.86. The zero-order valence-electron chi connectivity index (χ0n) is 10.6. The van der Waals surface area contributed by atoms with Crippen LogP contribution in [-0.2, 0) is 4.74 Å². The summed E-state index contributed by atoms with van der Waals surface area (Å²) in [5.74, 6) is 0. The van der Waals surface area contributed by atoms with Gasteiger partial charge in [-0.1, -0.05) is 6.92 Å². The molecule has 1 fully saturated rings. The van der Waals surface area contributed by atoms with Gasteiger partial charge in [0.15, 0.2) is 0 Å². The second kappa shape index (κ2) is 5.28. The molecular formula is C12H26N2O. The monoisotopic (exact) mass is 214 g/mol. The van der Waals surface area contributed by atoms with E-state index in [0.717, 1.165) is 26.1 Å². The number of nitrogens with two attached hydrogens (primary N) is 1. The van der Waals surface area contributed by atoms with Crippen molar-refractivity contribution in [3.8, 4) is 0 Å². The van der Waals surface area contributed by atoms with E-state index in [1.54, 1.807) is 0 Å². The number of hydrogen-bond acceptors (Lipinski definition) is 3. The topological polar surface area (TPSA) is 38.5 Å². The second-order valence-electron chi connectivity index (χ2n) is 5.26. The molecule has 3 heteroatoms. The third-order valence-corrected chi connectivity index (χ3v) is 3.08. The summed E-state index contributed by atoms with van der Waals surface area (Å²) in [6, 6.07) is 0.626. The molecule has 0 bridgehead atoms. The van der Waals surface area contributed by atoms with Gasteiger partial charge < -0.3 is 10.5 Å². The van der Waals surface area contributed by atoms with Crippen molar-refractivity contribution >= 4 is 0 Å². The van der Waals surface area contributed by atoms with Gasteiger partial charge in [-0.15, -0.1) is 0 Å². The lowest BCUT2D eigenvalue weighted by Gasteiger charge is -2.45. The van der Waals surface area contributed by atoms with Crippen LogP contribution < -0.4 is 5.73 Å². The van der Waals surface area contributed by atoms with Crippen molar-refractivity contribution in [1.29, 1.82) is 0 Å². The van der Waals surface area contributed by atoms with E-state index in [4.69, 9.17) is 10.5 Å². The van der Waals surface area contributed by atoms with E-state index in [0.29, 0.717) is 12.1 Å². The van der Waals surface area contributed by atoms with Gasteiger partial charge >= 0.3 is 0 Å². The van der Waals surface area contributed by atoms with Gasteiger partial charge in [0.2, 0.25) is 0 Å². The van der Waals surface area contributed by atoms with Gasteiger partial charge in [0.25, 0.3) is 0 Å². The summed E-state index contributed by atoms with van der Waals surface area (Å²) >= 11 is 0. The molecule has 1 rings (SSSR count). The predicted octanol–water partition coefficient (Wildman–Crippen LogP) is 1.61. The van der Waals surface area contributed by atoms with Crippen LogP contribution in [0.1, 0.15) is 40.5 Å². The lowest BCUT2D eigenvalue weighted by Crippen LogP contribution is -2.55. The minimum absolute atomic E-state index is 0.0142. The van der Waals surface area contributed by atoms with Gasteiger partial charge in [-0.2, -0.15) is 0 Å². The second-order valence-corrected chi connectivity index (χ2v) is 5.26. The maximum atomic E-state index is 5.90. The summed E-state index contributed by atoms with van der Waals surface area (Å²) in [7, 11) is 0. The average Bonchev–Trinajstić information content (AvgIpc) is 2.10. The highest BCUT2D eigenvalue weighted by Gasteiger charge is 2.33. The summed E-state index contributed by atoms with van der Waals surface area (Å²) in [6.07, 6.45) is 2.61. The molecule has 0 amide bonds. The maximum absolute atomic E-state index is 5.90. The van der Waals surface area contributed by atoms with Crippen molar-refractivity contribution in [2.24, 2.45) is 5.73 Å². The van der Waals surface area contributed by atoms with Crippen molar-refractivity contribution in [3.63, 3.8) is 0 Å². The van der Waals surface area contributed by atoms with Crippen LogP contribution in [0.2, 0.25) is 0 Å². The molecule has 90 valence electrons. The van der Waals surface area contributed by atoms with Gasteiger partial charge in [-0.05, 0) is 40.2 Å². The summed E-state index contributed by atoms with van der Waals surface area (Å²) in [6.45, 7) is 11.6. The number of ether oxygens (including phenoxy) is 1. The minimum Gasteiger partial charge on any atom is -0.370 e. The molecule has 0 aromatic rings. The molecule has 1 heterocycles. The molecular weight excluding hydrogens is 188 g/mol. The molecule has 1 aliphatic heterocycles. The van der Waals surface area contributed by atoms with Crippen LogP contribution in [0.15, 0.2) is 0 Å². The van der Waals surface area contributed by atoms with E-state index in [-0.39, 0.29) is 5.60 Å². The smallest absolute Gasteiger partial charge is 0.0757 e. The van der Waals surface area contributed by atoms with Gasteiger partial charge in [0.1, 0.15) is 0 Å². The quantitative estimate of drug-likeness (QED) is 0.773. The van der Waals surface area contributed by atoms with Crippen molar-refractivity contribution in [3.05, 3.63) is 0 Å². The number of hydrogen-bond donors (Lipinski definition) is 1. The zero-order valence-corrected chi connectivity index (χ0v) is 10.6. The first-order valence-electron chi connectivity index (χ1n) is 6.10. The zero-order chi connectivity index (χ0) is 11.5. The molecule has 3 nitrogen and oxygen atoms in total. The fourth-order valence-electron chi connectivity index (χ4n) is 2.62. The molecule has 0 aromatic carbocycles. The Balaban J connectivity index is 2.59. The molecule has 0 aromatic heterocycles. The van der Waals surface area contributed by atoms with Crippen LogP contribution in [0, 0.1) is 0 Å². The van der Waals surface area contributed by atoms with Gasteiger partial charge in [0, 0.05) is 19.1 Å². The third-order valence-electron chi connectivity index (χ3n) is 3.08. The number of nitrogens with zero attached hydrogens (tertiary/aromatic N) is 1. The summed E-state index contributed by atoms with van der Waals surface area (Å²) in [5.41, 5.74) is 5.64. The van der Waals surface area contributed by atoms with Crippen LogP contribution >= 0.6 is 0 Å². The van der Waals surface area contributed by atoms with Crippen LogP contribution in [0.5, 0.6) is 0 Å². The molecule has 1 aliphatic rings. The van der Waals surface area contributed by atoms with Gasteiger partial charge in [-0.25, -0.2) is 0 Å². The maximum Gasteiger partial charge on any atom is 0.0757 e. The highest BCUT2D eigenvalue weighted by atomic mass is 16.5. The molecule has 0 spiro atoms. The van der Waals surface area contributed by atoms with Crippen LogP contribution in [0.3, 0.4) is 0 Å². The van der Waals surface area contributed by atoms with E-state index >= 15 is 0 Å². The SMILES string of the molecule is CCC(CCN)N1CC(C)OC(C)(C)C1. The Bertz CT molecular complexity index is 194. The molecule has 15 heavy (non-hydrogen) atoms. The number of morpholine rings is 1. The normalized spacial score (nSPS) is 29.0. The molecule has 0 radical (unpaired) electrons. The van der Waals surface area contributed by atoms with E-state index in [9.17, 15) is 0 Å². The van der Waals surface area contributed by atoms with Crippen molar-refractivity contribution in [2.45, 2.75) is 58.3 Å². The van der Waals surface area contributed by atoms with E-state index < -0.39 is 0 Å². The molecule has 2 N–H and O–H groups in total. The van der Waals surface area contributed by atoms with Crippen LogP contribution in [-0.4, -0.2) is 42.3 Å². The average molecular weight is 214 g/mol. The lowest BCUT2D eigenvalue weighted by atomic mass is 10.0. The molecule has 2 atom stereocenters. The Morgan fingerprint density at radius 3 is 2.67 bits per heavy atom. The summed E-state index contributed by atoms with van der Waals surface area (Å²) in [5, 5.41) is 0. The Morgan fingerprint density at radius 2 is 2.20 bits per heavy atom. The minimum atomic E-state index is -0.0142. The molecule has 0 saturated carbocycles. The van der Waals surface area contributed by atoms with E-state index in [2.05, 4.69) is 32.6 Å². The largest absolute Gasteiger partial charge is 0.370 e. The van der Waals surface area contributed by atoms with Gasteiger partial charge in [0.05, 0.1) is 11.7 Å². The fraction of sp³-hybridized carbons (Fsp3) is 1.00. The fourth-order valence-corrected chi connectivity index (χ4v) is 2.62. The van der Waals surface area contributed by atoms with Crippen molar-refractivity contribution < 1.29 is 4.74 Å².